The molecule has 0 bridgehead atoms. The van der Waals surface area contributed by atoms with Crippen molar-refractivity contribution in [2.75, 3.05) is 40.0 Å². The zero-order valence-corrected chi connectivity index (χ0v) is 20.9. The maximum atomic E-state index is 6.10. The molecule has 168 valence electrons. The standard InChI is InChI=1S/C22H34N4O3.HI/c1-6-28-19-9-7-8-18-12-20(29-21(18)19)17(4)25-22(23-5)24-13-15(2)26-10-11-27-14-16(26)3;/h7-9,12,15-17H,6,10-11,13-14H2,1-5H3,(H2,23,24,25);1H. The third-order valence-corrected chi connectivity index (χ3v) is 5.38. The van der Waals surface area contributed by atoms with Gasteiger partial charge in [-0.15, -0.1) is 24.0 Å². The van der Waals surface area contributed by atoms with E-state index < -0.39 is 0 Å². The Kier molecular flexibility index (Phi) is 9.70. The van der Waals surface area contributed by atoms with Crippen LogP contribution in [0.25, 0.3) is 11.0 Å². The molecule has 1 aromatic heterocycles. The van der Waals surface area contributed by atoms with Gasteiger partial charge in [0.05, 0.1) is 25.9 Å². The number of nitrogens with one attached hydrogen (secondary N) is 2. The van der Waals surface area contributed by atoms with E-state index in [1.54, 1.807) is 7.05 Å². The van der Waals surface area contributed by atoms with Gasteiger partial charge in [-0.2, -0.15) is 0 Å². The van der Waals surface area contributed by atoms with Gasteiger partial charge in [0.2, 0.25) is 0 Å². The second kappa shape index (κ2) is 11.8. The highest BCUT2D eigenvalue weighted by Crippen LogP contribution is 2.31. The summed E-state index contributed by atoms with van der Waals surface area (Å²) in [6, 6.07) is 8.81. The number of para-hydroxylation sites is 1. The molecular formula is C22H35IN4O3. The van der Waals surface area contributed by atoms with Crippen LogP contribution in [0.5, 0.6) is 5.75 Å². The van der Waals surface area contributed by atoms with Crippen molar-refractivity contribution in [1.82, 2.24) is 15.5 Å². The number of halogens is 1. The highest BCUT2D eigenvalue weighted by molar-refractivity contribution is 14.0. The van der Waals surface area contributed by atoms with Crippen LogP contribution in [0.2, 0.25) is 0 Å². The average molecular weight is 530 g/mol. The van der Waals surface area contributed by atoms with E-state index in [1.165, 1.54) is 0 Å². The van der Waals surface area contributed by atoms with Crippen molar-refractivity contribution < 1.29 is 13.9 Å². The normalized spacial score (nSPS) is 19.8. The number of furan rings is 1. The smallest absolute Gasteiger partial charge is 0.191 e. The average Bonchev–Trinajstić information content (AvgIpc) is 3.17. The van der Waals surface area contributed by atoms with E-state index in [1.807, 2.05) is 25.1 Å². The van der Waals surface area contributed by atoms with E-state index in [9.17, 15) is 0 Å². The molecule has 3 unspecified atom stereocenters. The monoisotopic (exact) mass is 530 g/mol. The Balaban J connectivity index is 0.00000320. The third kappa shape index (κ3) is 6.01. The molecule has 3 atom stereocenters. The first-order chi connectivity index (χ1) is 14.0. The summed E-state index contributed by atoms with van der Waals surface area (Å²) in [5.74, 6) is 2.39. The number of hydrogen-bond donors (Lipinski definition) is 2. The number of benzene rings is 1. The van der Waals surface area contributed by atoms with Crippen molar-refractivity contribution >= 4 is 40.9 Å². The minimum Gasteiger partial charge on any atom is -0.490 e. The fraction of sp³-hybridized carbons (Fsp3) is 0.591. The quantitative estimate of drug-likeness (QED) is 0.323. The lowest BCUT2D eigenvalue weighted by Crippen LogP contribution is -2.53. The maximum absolute atomic E-state index is 6.10. The van der Waals surface area contributed by atoms with Gasteiger partial charge in [0.15, 0.2) is 17.3 Å². The zero-order valence-electron chi connectivity index (χ0n) is 18.6. The Morgan fingerprint density at radius 1 is 1.37 bits per heavy atom. The molecule has 0 aliphatic carbocycles. The molecular weight excluding hydrogens is 495 g/mol. The summed E-state index contributed by atoms with van der Waals surface area (Å²) in [6.45, 7) is 12.5. The summed E-state index contributed by atoms with van der Waals surface area (Å²) >= 11 is 0. The second-order valence-corrected chi connectivity index (χ2v) is 7.59. The van der Waals surface area contributed by atoms with Crippen molar-refractivity contribution in [2.45, 2.75) is 45.8 Å². The van der Waals surface area contributed by atoms with Gasteiger partial charge in [-0.25, -0.2) is 0 Å². The van der Waals surface area contributed by atoms with Gasteiger partial charge < -0.3 is 24.5 Å². The SMILES string of the molecule is CCOc1cccc2cc(C(C)NC(=NC)NCC(C)N3CCOCC3C)oc12.I. The maximum Gasteiger partial charge on any atom is 0.191 e. The molecule has 0 spiro atoms. The summed E-state index contributed by atoms with van der Waals surface area (Å²) < 4.78 is 17.3. The fourth-order valence-electron chi connectivity index (χ4n) is 3.77. The molecule has 1 aromatic carbocycles. The predicted molar refractivity (Wildman–Crippen MR) is 132 cm³/mol. The van der Waals surface area contributed by atoms with Crippen LogP contribution in [0.15, 0.2) is 33.7 Å². The Morgan fingerprint density at radius 2 is 2.17 bits per heavy atom. The van der Waals surface area contributed by atoms with Gasteiger partial charge in [-0.1, -0.05) is 12.1 Å². The number of hydrogen-bond acceptors (Lipinski definition) is 5. The number of fused-ring (bicyclic) bond motifs is 1. The minimum atomic E-state index is -0.0271. The molecule has 1 aliphatic heterocycles. The number of morpholine rings is 1. The van der Waals surface area contributed by atoms with Crippen LogP contribution in [0, 0.1) is 0 Å². The molecule has 8 heteroatoms. The zero-order chi connectivity index (χ0) is 20.8. The van der Waals surface area contributed by atoms with Gasteiger partial charge in [-0.05, 0) is 39.8 Å². The van der Waals surface area contributed by atoms with E-state index >= 15 is 0 Å². The number of guanidine groups is 1. The van der Waals surface area contributed by atoms with Crippen molar-refractivity contribution in [3.05, 3.63) is 30.0 Å². The van der Waals surface area contributed by atoms with E-state index in [0.717, 1.165) is 54.7 Å². The van der Waals surface area contributed by atoms with Crippen molar-refractivity contribution in [1.29, 1.82) is 0 Å². The van der Waals surface area contributed by atoms with Crippen LogP contribution in [0.4, 0.5) is 0 Å². The van der Waals surface area contributed by atoms with Crippen molar-refractivity contribution in [3.8, 4) is 5.75 Å². The molecule has 2 N–H and O–H groups in total. The highest BCUT2D eigenvalue weighted by atomic mass is 127. The van der Waals surface area contributed by atoms with Gasteiger partial charge >= 0.3 is 0 Å². The summed E-state index contributed by atoms with van der Waals surface area (Å²) in [7, 11) is 1.79. The van der Waals surface area contributed by atoms with Gasteiger partial charge in [0, 0.05) is 37.6 Å². The molecule has 1 fully saturated rings. The summed E-state index contributed by atoms with van der Waals surface area (Å²) in [5, 5.41) is 7.91. The molecule has 1 saturated heterocycles. The van der Waals surface area contributed by atoms with Crippen molar-refractivity contribution in [3.63, 3.8) is 0 Å². The van der Waals surface area contributed by atoms with Gasteiger partial charge in [0.25, 0.3) is 0 Å². The summed E-state index contributed by atoms with van der Waals surface area (Å²) in [4.78, 5) is 6.85. The fourth-order valence-corrected chi connectivity index (χ4v) is 3.77. The lowest BCUT2D eigenvalue weighted by Gasteiger charge is -2.38. The molecule has 0 amide bonds. The van der Waals surface area contributed by atoms with Gasteiger partial charge in [-0.3, -0.25) is 9.89 Å². The van der Waals surface area contributed by atoms with Crippen LogP contribution >= 0.6 is 24.0 Å². The van der Waals surface area contributed by atoms with Crippen LogP contribution in [-0.2, 0) is 4.74 Å². The topological polar surface area (TPSA) is 71.3 Å². The summed E-state index contributed by atoms with van der Waals surface area (Å²) in [5.41, 5.74) is 0.788. The molecule has 0 saturated carbocycles. The van der Waals surface area contributed by atoms with Crippen molar-refractivity contribution in [2.24, 2.45) is 4.99 Å². The first-order valence-corrected chi connectivity index (χ1v) is 10.5. The number of aliphatic imine (C=N–C) groups is 1. The predicted octanol–water partition coefficient (Wildman–Crippen LogP) is 3.78. The van der Waals surface area contributed by atoms with Crippen LogP contribution < -0.4 is 15.4 Å². The molecule has 30 heavy (non-hydrogen) atoms. The minimum absolute atomic E-state index is 0. The lowest BCUT2D eigenvalue weighted by molar-refractivity contribution is -0.0174. The van der Waals surface area contributed by atoms with Crippen LogP contribution in [0.1, 0.15) is 39.5 Å². The third-order valence-electron chi connectivity index (χ3n) is 5.38. The first-order valence-electron chi connectivity index (χ1n) is 10.5. The lowest BCUT2D eigenvalue weighted by atomic mass is 10.2. The van der Waals surface area contributed by atoms with Crippen LogP contribution in [0.3, 0.4) is 0 Å². The van der Waals surface area contributed by atoms with Gasteiger partial charge in [0.1, 0.15) is 5.76 Å². The van der Waals surface area contributed by atoms with E-state index in [0.29, 0.717) is 18.7 Å². The number of ether oxygens (including phenoxy) is 2. The van der Waals surface area contributed by atoms with Crippen LogP contribution in [-0.4, -0.2) is 62.9 Å². The molecule has 7 nitrogen and oxygen atoms in total. The van der Waals surface area contributed by atoms with E-state index in [2.05, 4.69) is 47.4 Å². The highest BCUT2D eigenvalue weighted by Gasteiger charge is 2.24. The molecule has 0 radical (unpaired) electrons. The Labute approximate surface area is 196 Å². The van der Waals surface area contributed by atoms with E-state index in [4.69, 9.17) is 13.9 Å². The molecule has 2 aromatic rings. The number of rotatable bonds is 7. The second-order valence-electron chi connectivity index (χ2n) is 7.59. The van der Waals surface area contributed by atoms with E-state index in [-0.39, 0.29) is 30.0 Å². The largest absolute Gasteiger partial charge is 0.490 e. The Hall–Kier alpha value is -1.52. The molecule has 2 heterocycles. The molecule has 3 rings (SSSR count). The Morgan fingerprint density at radius 3 is 2.87 bits per heavy atom. The number of nitrogens with zero attached hydrogens (tertiary/aromatic N) is 2. The molecule has 1 aliphatic rings. The first kappa shape index (κ1) is 24.7. The summed E-state index contributed by atoms with van der Waals surface area (Å²) in [6.07, 6.45) is 0. The Bertz CT molecular complexity index is 826.